The summed E-state index contributed by atoms with van der Waals surface area (Å²) in [6, 6.07) is 11.8. The summed E-state index contributed by atoms with van der Waals surface area (Å²) in [6.45, 7) is 23.4. The average Bonchev–Trinajstić information content (AvgIpc) is 3.06. The smallest absolute Gasteiger partial charge is 0.335 e. The average molecular weight is 460 g/mol. The summed E-state index contributed by atoms with van der Waals surface area (Å²) in [7, 11) is -2.34. The molecule has 0 saturated carbocycles. The molecule has 0 bridgehead atoms. The van der Waals surface area contributed by atoms with Gasteiger partial charge in [0, 0.05) is 17.7 Å². The van der Waals surface area contributed by atoms with Crippen LogP contribution >= 0.6 is 0 Å². The number of aromatic nitrogens is 2. The number of imidazole rings is 1. The molecule has 4 heteroatoms. The largest absolute Gasteiger partial charge is 0.532 e. The second kappa shape index (κ2) is 7.33. The van der Waals surface area contributed by atoms with Crippen LogP contribution in [0.5, 0.6) is 5.75 Å². The van der Waals surface area contributed by atoms with E-state index in [1.165, 1.54) is 49.5 Å². The van der Waals surface area contributed by atoms with Gasteiger partial charge in [-0.2, -0.15) is 4.40 Å². The highest BCUT2D eigenvalue weighted by molar-refractivity contribution is 6.88. The van der Waals surface area contributed by atoms with E-state index in [2.05, 4.69) is 109 Å². The summed E-state index contributed by atoms with van der Waals surface area (Å²) in [6.07, 6.45) is 0. The number of hydrogen-bond acceptors (Lipinski definition) is 1. The van der Waals surface area contributed by atoms with Gasteiger partial charge in [0.2, 0.25) is 0 Å². The first-order valence-electron chi connectivity index (χ1n) is 12.7. The van der Waals surface area contributed by atoms with E-state index < -0.39 is 8.32 Å². The van der Waals surface area contributed by atoms with Crippen molar-refractivity contribution in [3.05, 3.63) is 47.2 Å². The molecule has 0 radical (unpaired) electrons. The van der Waals surface area contributed by atoms with Crippen molar-refractivity contribution in [3.63, 3.8) is 0 Å². The van der Waals surface area contributed by atoms with Gasteiger partial charge in [0.1, 0.15) is 5.69 Å². The Kier molecular flexibility index (Phi) is 4.99. The number of rotatable bonds is 4. The maximum atomic E-state index is 7.26. The van der Waals surface area contributed by atoms with Gasteiger partial charge in [0.25, 0.3) is 5.65 Å². The Morgan fingerprint density at radius 3 is 2.09 bits per heavy atom. The molecule has 0 fully saturated rings. The molecule has 174 valence electrons. The van der Waals surface area contributed by atoms with Gasteiger partial charge in [-0.3, -0.25) is 0 Å². The van der Waals surface area contributed by atoms with Gasteiger partial charge in [-0.05, 0) is 55.0 Å². The van der Waals surface area contributed by atoms with Crippen molar-refractivity contribution in [1.29, 1.82) is 0 Å². The minimum Gasteiger partial charge on any atom is -0.532 e. The molecule has 4 aromatic rings. The van der Waals surface area contributed by atoms with E-state index in [0.717, 1.165) is 5.75 Å². The van der Waals surface area contributed by atoms with Gasteiger partial charge in [0.15, 0.2) is 16.6 Å². The second-order valence-corrected chi connectivity index (χ2v) is 15.9. The SMILES string of the molecule is Cc1ccc2c3c1c1cccc(C(C)C)c1c1n(C(C)C)c(C)c([n+]31)[Si](C(C)C)(C(C)C)O2. The van der Waals surface area contributed by atoms with Crippen molar-refractivity contribution in [1.82, 2.24) is 4.57 Å². The third-order valence-corrected chi connectivity index (χ3v) is 13.3. The maximum Gasteiger partial charge on any atom is 0.335 e. The van der Waals surface area contributed by atoms with Crippen LogP contribution in [0.15, 0.2) is 30.3 Å². The molecule has 0 unspecified atom stereocenters. The third-order valence-electron chi connectivity index (χ3n) is 8.03. The molecule has 5 rings (SSSR count). The van der Waals surface area contributed by atoms with Crippen molar-refractivity contribution < 1.29 is 8.83 Å². The Balaban J connectivity index is 2.22. The molecule has 3 nitrogen and oxygen atoms in total. The van der Waals surface area contributed by atoms with Crippen LogP contribution in [0, 0.1) is 13.8 Å². The summed E-state index contributed by atoms with van der Waals surface area (Å²) < 4.78 is 12.5. The number of aryl methyl sites for hydroxylation is 1. The van der Waals surface area contributed by atoms with Gasteiger partial charge >= 0.3 is 8.32 Å². The number of fused-ring (bicyclic) bond motifs is 3. The van der Waals surface area contributed by atoms with E-state index in [0.29, 0.717) is 23.0 Å². The fourth-order valence-corrected chi connectivity index (χ4v) is 11.5. The molecule has 0 N–H and O–H groups in total. The lowest BCUT2D eigenvalue weighted by atomic mass is 9.93. The minimum absolute atomic E-state index is 0.368. The first-order chi connectivity index (χ1) is 15.5. The minimum atomic E-state index is -2.34. The van der Waals surface area contributed by atoms with E-state index >= 15 is 0 Å². The van der Waals surface area contributed by atoms with Crippen LogP contribution < -0.4 is 14.1 Å². The van der Waals surface area contributed by atoms with Gasteiger partial charge in [0.05, 0.1) is 11.4 Å². The molecule has 0 amide bonds. The lowest BCUT2D eigenvalue weighted by Crippen LogP contribution is -2.69. The molecule has 0 aliphatic carbocycles. The normalized spacial score (nSPS) is 15.3. The molecule has 1 aliphatic rings. The molecule has 2 aromatic carbocycles. The Labute approximate surface area is 199 Å². The van der Waals surface area contributed by atoms with Crippen LogP contribution in [0.4, 0.5) is 0 Å². The Hall–Kier alpha value is -2.33. The van der Waals surface area contributed by atoms with Crippen LogP contribution in [0.25, 0.3) is 27.3 Å². The maximum absolute atomic E-state index is 7.26. The second-order valence-electron chi connectivity index (χ2n) is 11.3. The highest BCUT2D eigenvalue weighted by Crippen LogP contribution is 2.44. The quantitative estimate of drug-likeness (QED) is 0.179. The van der Waals surface area contributed by atoms with Crippen molar-refractivity contribution in [2.45, 2.75) is 92.3 Å². The van der Waals surface area contributed by atoms with Crippen LogP contribution in [0.1, 0.15) is 84.2 Å². The molecule has 0 spiro atoms. The zero-order valence-electron chi connectivity index (χ0n) is 22.0. The zero-order valence-corrected chi connectivity index (χ0v) is 23.0. The van der Waals surface area contributed by atoms with Gasteiger partial charge in [-0.1, -0.05) is 65.8 Å². The van der Waals surface area contributed by atoms with E-state index in [1.807, 2.05) is 0 Å². The van der Waals surface area contributed by atoms with Crippen LogP contribution in [0.2, 0.25) is 11.1 Å². The van der Waals surface area contributed by atoms with Crippen LogP contribution in [0.3, 0.4) is 0 Å². The first kappa shape index (κ1) is 22.5. The summed E-state index contributed by atoms with van der Waals surface area (Å²) in [4.78, 5) is 0. The summed E-state index contributed by atoms with van der Waals surface area (Å²) in [5.74, 6) is 1.53. The predicted molar refractivity (Wildman–Crippen MR) is 143 cm³/mol. The van der Waals surface area contributed by atoms with Crippen molar-refractivity contribution >= 4 is 41.0 Å². The van der Waals surface area contributed by atoms with E-state index in [9.17, 15) is 0 Å². The summed E-state index contributed by atoms with van der Waals surface area (Å²) in [5.41, 5.74) is 7.70. The molecule has 0 atom stereocenters. The fourth-order valence-electron chi connectivity index (χ4n) is 6.69. The van der Waals surface area contributed by atoms with Gasteiger partial charge in [-0.15, -0.1) is 0 Å². The molecule has 3 heterocycles. The molecular formula is C29H39N2OSi+. The molecule has 0 saturated heterocycles. The van der Waals surface area contributed by atoms with Crippen molar-refractivity contribution in [2.75, 3.05) is 0 Å². The van der Waals surface area contributed by atoms with Crippen LogP contribution in [-0.4, -0.2) is 12.9 Å². The Bertz CT molecular complexity index is 1420. The van der Waals surface area contributed by atoms with Crippen molar-refractivity contribution in [2.24, 2.45) is 0 Å². The molecule has 33 heavy (non-hydrogen) atoms. The highest BCUT2D eigenvalue weighted by atomic mass is 28.4. The number of benzene rings is 2. The Morgan fingerprint density at radius 2 is 1.52 bits per heavy atom. The van der Waals surface area contributed by atoms with E-state index in [-0.39, 0.29) is 0 Å². The standard InChI is InChI=1S/C29H39N2OSi/c1-16(2)22-12-11-13-23-25-20(9)14-15-24-27(25)31-28(26(22)23)30(17(3)4)21(10)29(31)33(32-24,18(5)6)19(7)8/h11-19H,1-10H3/q+1. The summed E-state index contributed by atoms with van der Waals surface area (Å²) in [5, 5.41) is 5.59. The number of nitrogens with zero attached hydrogens (tertiary/aromatic N) is 2. The predicted octanol–water partition coefficient (Wildman–Crippen LogP) is 7.22. The van der Waals surface area contributed by atoms with Crippen LogP contribution in [-0.2, 0) is 0 Å². The van der Waals surface area contributed by atoms with Gasteiger partial charge < -0.3 is 4.43 Å². The number of hydrogen-bond donors (Lipinski definition) is 0. The Morgan fingerprint density at radius 1 is 0.848 bits per heavy atom. The number of pyridine rings is 1. The lowest BCUT2D eigenvalue weighted by molar-refractivity contribution is -0.463. The fraction of sp³-hybridized carbons (Fsp3) is 0.483. The molecular weight excluding hydrogens is 420 g/mol. The summed E-state index contributed by atoms with van der Waals surface area (Å²) >= 11 is 0. The highest BCUT2D eigenvalue weighted by Gasteiger charge is 2.57. The van der Waals surface area contributed by atoms with E-state index in [4.69, 9.17) is 4.43 Å². The zero-order chi connectivity index (χ0) is 24.0. The topological polar surface area (TPSA) is 18.3 Å². The van der Waals surface area contributed by atoms with E-state index in [1.54, 1.807) is 0 Å². The first-order valence-corrected chi connectivity index (χ1v) is 14.7. The van der Waals surface area contributed by atoms with Gasteiger partial charge in [-0.25, -0.2) is 4.57 Å². The monoisotopic (exact) mass is 459 g/mol. The molecule has 1 aliphatic heterocycles. The third kappa shape index (κ3) is 2.70. The lowest BCUT2D eigenvalue weighted by Gasteiger charge is -2.39. The molecule has 2 aromatic heterocycles. The van der Waals surface area contributed by atoms with Crippen molar-refractivity contribution in [3.8, 4) is 5.75 Å².